The number of aromatic nitrogens is 2. The van der Waals surface area contributed by atoms with Gasteiger partial charge in [-0.3, -0.25) is 4.98 Å². The van der Waals surface area contributed by atoms with E-state index in [4.69, 9.17) is 0 Å². The van der Waals surface area contributed by atoms with Crippen LogP contribution in [-0.4, -0.2) is 16.6 Å². The second-order valence-corrected chi connectivity index (χ2v) is 5.19. The first-order chi connectivity index (χ1) is 9.78. The zero-order valence-corrected chi connectivity index (χ0v) is 11.9. The first-order valence-electron chi connectivity index (χ1n) is 6.90. The minimum Gasteiger partial charge on any atom is -0.343 e. The van der Waals surface area contributed by atoms with E-state index in [0.717, 1.165) is 13.1 Å². The van der Waals surface area contributed by atoms with E-state index in [9.17, 15) is 0 Å². The van der Waals surface area contributed by atoms with Crippen molar-refractivity contribution in [1.82, 2.24) is 14.9 Å². The second kappa shape index (κ2) is 5.47. The van der Waals surface area contributed by atoms with Gasteiger partial charge in [0.25, 0.3) is 0 Å². The SMILES string of the molecule is CNCc1cccc2c1ccn2Cc1cncc(C)c1. The third-order valence-electron chi connectivity index (χ3n) is 3.56. The van der Waals surface area contributed by atoms with E-state index in [0.29, 0.717) is 0 Å². The van der Waals surface area contributed by atoms with Gasteiger partial charge in [-0.25, -0.2) is 0 Å². The molecule has 0 amide bonds. The summed E-state index contributed by atoms with van der Waals surface area (Å²) >= 11 is 0. The molecule has 0 radical (unpaired) electrons. The molecule has 3 nitrogen and oxygen atoms in total. The maximum atomic E-state index is 4.27. The van der Waals surface area contributed by atoms with E-state index in [2.05, 4.69) is 58.3 Å². The summed E-state index contributed by atoms with van der Waals surface area (Å²) in [5.74, 6) is 0. The molecule has 1 aromatic carbocycles. The van der Waals surface area contributed by atoms with Crippen molar-refractivity contribution in [2.45, 2.75) is 20.0 Å². The summed E-state index contributed by atoms with van der Waals surface area (Å²) < 4.78 is 2.28. The van der Waals surface area contributed by atoms with Crippen LogP contribution in [0.2, 0.25) is 0 Å². The Hall–Kier alpha value is -2.13. The summed E-state index contributed by atoms with van der Waals surface area (Å²) in [6.45, 7) is 3.84. The fraction of sp³-hybridized carbons (Fsp3) is 0.235. The van der Waals surface area contributed by atoms with Gasteiger partial charge in [-0.05, 0) is 42.8 Å². The van der Waals surface area contributed by atoms with E-state index >= 15 is 0 Å². The van der Waals surface area contributed by atoms with Crippen molar-refractivity contribution in [1.29, 1.82) is 0 Å². The lowest BCUT2D eigenvalue weighted by Crippen LogP contribution is -2.05. The molecule has 0 aliphatic heterocycles. The standard InChI is InChI=1S/C17H19N3/c1-13-8-14(10-19-9-13)12-20-7-6-16-15(11-18-2)4-3-5-17(16)20/h3-10,18H,11-12H2,1-2H3. The smallest absolute Gasteiger partial charge is 0.0491 e. The van der Waals surface area contributed by atoms with Crippen molar-refractivity contribution in [2.75, 3.05) is 7.05 Å². The first kappa shape index (κ1) is 12.9. The fourth-order valence-electron chi connectivity index (χ4n) is 2.67. The van der Waals surface area contributed by atoms with Crippen molar-refractivity contribution in [3.05, 3.63) is 65.6 Å². The van der Waals surface area contributed by atoms with Crippen LogP contribution >= 0.6 is 0 Å². The number of benzene rings is 1. The molecule has 3 heteroatoms. The molecule has 3 aromatic rings. The van der Waals surface area contributed by atoms with E-state index in [-0.39, 0.29) is 0 Å². The molecular weight excluding hydrogens is 246 g/mol. The first-order valence-corrected chi connectivity index (χ1v) is 6.90. The van der Waals surface area contributed by atoms with Crippen molar-refractivity contribution >= 4 is 10.9 Å². The van der Waals surface area contributed by atoms with Crippen LogP contribution in [0, 0.1) is 6.92 Å². The Morgan fingerprint density at radius 2 is 2.10 bits per heavy atom. The van der Waals surface area contributed by atoms with Crippen LogP contribution in [0.3, 0.4) is 0 Å². The molecule has 0 aliphatic rings. The summed E-state index contributed by atoms with van der Waals surface area (Å²) in [6, 6.07) is 10.9. The molecule has 20 heavy (non-hydrogen) atoms. The minimum atomic E-state index is 0.862. The lowest BCUT2D eigenvalue weighted by atomic mass is 10.1. The number of pyridine rings is 1. The normalized spacial score (nSPS) is 11.1. The number of nitrogens with zero attached hydrogens (tertiary/aromatic N) is 2. The highest BCUT2D eigenvalue weighted by Gasteiger charge is 2.05. The van der Waals surface area contributed by atoms with Crippen LogP contribution in [0.25, 0.3) is 10.9 Å². The topological polar surface area (TPSA) is 29.9 Å². The summed E-state index contributed by atoms with van der Waals surface area (Å²) in [5.41, 5.74) is 5.06. The molecule has 3 rings (SSSR count). The van der Waals surface area contributed by atoms with E-state index in [1.54, 1.807) is 0 Å². The van der Waals surface area contributed by atoms with Crippen LogP contribution in [0.4, 0.5) is 0 Å². The van der Waals surface area contributed by atoms with Crippen LogP contribution in [0.1, 0.15) is 16.7 Å². The van der Waals surface area contributed by atoms with Gasteiger partial charge in [-0.2, -0.15) is 0 Å². The highest BCUT2D eigenvalue weighted by atomic mass is 15.0. The Morgan fingerprint density at radius 1 is 1.20 bits per heavy atom. The van der Waals surface area contributed by atoms with Crippen molar-refractivity contribution in [3.8, 4) is 0 Å². The largest absolute Gasteiger partial charge is 0.343 e. The number of aryl methyl sites for hydroxylation is 1. The van der Waals surface area contributed by atoms with E-state index in [1.165, 1.54) is 27.6 Å². The third-order valence-corrected chi connectivity index (χ3v) is 3.56. The number of nitrogens with one attached hydrogen (secondary N) is 1. The molecule has 0 atom stereocenters. The Kier molecular flexibility index (Phi) is 3.52. The number of rotatable bonds is 4. The molecule has 2 aromatic heterocycles. The summed E-state index contributed by atoms with van der Waals surface area (Å²) in [6.07, 6.45) is 5.99. The van der Waals surface area contributed by atoms with Gasteiger partial charge in [0.15, 0.2) is 0 Å². The highest BCUT2D eigenvalue weighted by molar-refractivity contribution is 5.83. The summed E-state index contributed by atoms with van der Waals surface area (Å²) in [5, 5.41) is 4.55. The Balaban J connectivity index is 1.98. The van der Waals surface area contributed by atoms with Gasteiger partial charge in [0.05, 0.1) is 0 Å². The Labute approximate surface area is 119 Å². The van der Waals surface area contributed by atoms with Crippen LogP contribution in [0.5, 0.6) is 0 Å². The highest BCUT2D eigenvalue weighted by Crippen LogP contribution is 2.21. The van der Waals surface area contributed by atoms with Gasteiger partial charge in [0.2, 0.25) is 0 Å². The van der Waals surface area contributed by atoms with E-state index < -0.39 is 0 Å². The molecule has 0 aliphatic carbocycles. The zero-order valence-electron chi connectivity index (χ0n) is 11.9. The van der Waals surface area contributed by atoms with Gasteiger partial charge in [0.1, 0.15) is 0 Å². The van der Waals surface area contributed by atoms with Gasteiger partial charge in [-0.15, -0.1) is 0 Å². The third kappa shape index (κ3) is 2.45. The Bertz CT molecular complexity index is 728. The molecule has 0 saturated heterocycles. The molecule has 102 valence electrons. The minimum absolute atomic E-state index is 0.862. The predicted octanol–water partition coefficient (Wildman–Crippen LogP) is 3.11. The van der Waals surface area contributed by atoms with Gasteiger partial charge in [-0.1, -0.05) is 18.2 Å². The molecule has 0 unspecified atom stereocenters. The molecule has 0 bridgehead atoms. The molecular formula is C17H19N3. The number of fused-ring (bicyclic) bond motifs is 1. The van der Waals surface area contributed by atoms with Crippen molar-refractivity contribution < 1.29 is 0 Å². The summed E-state index contributed by atoms with van der Waals surface area (Å²) in [4.78, 5) is 4.27. The zero-order chi connectivity index (χ0) is 13.9. The molecule has 2 heterocycles. The maximum absolute atomic E-state index is 4.27. The molecule has 0 saturated carbocycles. The maximum Gasteiger partial charge on any atom is 0.0491 e. The number of hydrogen-bond acceptors (Lipinski definition) is 2. The Morgan fingerprint density at radius 3 is 2.90 bits per heavy atom. The van der Waals surface area contributed by atoms with Crippen molar-refractivity contribution in [2.24, 2.45) is 0 Å². The second-order valence-electron chi connectivity index (χ2n) is 5.19. The van der Waals surface area contributed by atoms with Crippen LogP contribution < -0.4 is 5.32 Å². The van der Waals surface area contributed by atoms with E-state index in [1.807, 2.05) is 19.4 Å². The lowest BCUT2D eigenvalue weighted by molar-refractivity contribution is 0.819. The lowest BCUT2D eigenvalue weighted by Gasteiger charge is -2.08. The quantitative estimate of drug-likeness (QED) is 0.785. The van der Waals surface area contributed by atoms with Crippen LogP contribution in [-0.2, 0) is 13.1 Å². The van der Waals surface area contributed by atoms with Gasteiger partial charge < -0.3 is 9.88 Å². The predicted molar refractivity (Wildman–Crippen MR) is 82.8 cm³/mol. The number of hydrogen-bond donors (Lipinski definition) is 1. The monoisotopic (exact) mass is 265 g/mol. The van der Waals surface area contributed by atoms with Gasteiger partial charge in [0, 0.05) is 42.6 Å². The molecule has 0 fully saturated rings. The molecule has 1 N–H and O–H groups in total. The average Bonchev–Trinajstić information content (AvgIpc) is 2.84. The van der Waals surface area contributed by atoms with Crippen molar-refractivity contribution in [3.63, 3.8) is 0 Å². The molecule has 0 spiro atoms. The fourth-order valence-corrected chi connectivity index (χ4v) is 2.67. The van der Waals surface area contributed by atoms with Gasteiger partial charge >= 0.3 is 0 Å². The van der Waals surface area contributed by atoms with Crippen LogP contribution in [0.15, 0.2) is 48.9 Å². The summed E-state index contributed by atoms with van der Waals surface area (Å²) in [7, 11) is 1.98. The average molecular weight is 265 g/mol.